The zero-order valence-electron chi connectivity index (χ0n) is 11.0. The summed E-state index contributed by atoms with van der Waals surface area (Å²) in [5.41, 5.74) is 0.386. The van der Waals surface area contributed by atoms with Crippen LogP contribution >= 0.6 is 0 Å². The molecule has 0 fully saturated rings. The van der Waals surface area contributed by atoms with E-state index >= 15 is 0 Å². The molecule has 0 aromatic heterocycles. The van der Waals surface area contributed by atoms with Crippen LogP contribution in [0.15, 0.2) is 24.3 Å². The predicted molar refractivity (Wildman–Crippen MR) is 68.4 cm³/mol. The van der Waals surface area contributed by atoms with Gasteiger partial charge in [0.25, 0.3) is 5.91 Å². The molecule has 0 atom stereocenters. The van der Waals surface area contributed by atoms with Gasteiger partial charge in [-0.25, -0.2) is 0 Å². The summed E-state index contributed by atoms with van der Waals surface area (Å²) < 4.78 is 9.91. The molecule has 1 rings (SSSR count). The Hall–Kier alpha value is -2.08. The number of hydrogen-bond acceptors (Lipinski definition) is 4. The lowest BCUT2D eigenvalue weighted by atomic mass is 10.2. The van der Waals surface area contributed by atoms with Crippen LogP contribution in [0.5, 0.6) is 5.75 Å². The van der Waals surface area contributed by atoms with Crippen molar-refractivity contribution in [3.63, 3.8) is 0 Å². The molecule has 0 saturated carbocycles. The number of benzene rings is 1. The number of amides is 1. The number of nitrogens with zero attached hydrogens (tertiary/aromatic N) is 1. The van der Waals surface area contributed by atoms with Gasteiger partial charge in [0.15, 0.2) is 0 Å². The molecule has 1 aromatic carbocycles. The van der Waals surface area contributed by atoms with Crippen molar-refractivity contribution in [2.75, 3.05) is 33.9 Å². The Kier molecular flexibility index (Phi) is 5.81. The van der Waals surface area contributed by atoms with Crippen molar-refractivity contribution in [1.29, 1.82) is 0 Å². The molecule has 0 aliphatic carbocycles. The Morgan fingerprint density at radius 3 is 2.63 bits per heavy atom. The molecule has 104 valence electrons. The van der Waals surface area contributed by atoms with Gasteiger partial charge in [-0.2, -0.15) is 0 Å². The van der Waals surface area contributed by atoms with E-state index in [1.807, 2.05) is 0 Å². The summed E-state index contributed by atoms with van der Waals surface area (Å²) in [6.45, 7) is 0.140. The lowest BCUT2D eigenvalue weighted by Crippen LogP contribution is -2.38. The van der Waals surface area contributed by atoms with Crippen LogP contribution in [-0.4, -0.2) is 55.8 Å². The summed E-state index contributed by atoms with van der Waals surface area (Å²) in [5, 5.41) is 8.82. The first-order valence-corrected chi connectivity index (χ1v) is 5.72. The molecule has 19 heavy (non-hydrogen) atoms. The van der Waals surface area contributed by atoms with Gasteiger partial charge in [0.1, 0.15) is 12.3 Å². The van der Waals surface area contributed by atoms with Gasteiger partial charge in [0.2, 0.25) is 0 Å². The van der Waals surface area contributed by atoms with Crippen molar-refractivity contribution in [1.82, 2.24) is 4.90 Å². The molecule has 0 heterocycles. The smallest absolute Gasteiger partial charge is 0.323 e. The monoisotopic (exact) mass is 267 g/mol. The first-order valence-electron chi connectivity index (χ1n) is 5.72. The molecule has 0 aliphatic rings. The highest BCUT2D eigenvalue weighted by molar-refractivity contribution is 5.96. The minimum Gasteiger partial charge on any atom is -0.497 e. The van der Waals surface area contributed by atoms with E-state index in [-0.39, 0.29) is 25.6 Å². The lowest BCUT2D eigenvalue weighted by molar-refractivity contribution is -0.137. The van der Waals surface area contributed by atoms with Crippen molar-refractivity contribution in [2.24, 2.45) is 0 Å². The molecular formula is C13H17NO5. The van der Waals surface area contributed by atoms with Crippen LogP contribution in [0, 0.1) is 0 Å². The Balaban J connectivity index is 2.87. The van der Waals surface area contributed by atoms with E-state index in [0.717, 1.165) is 0 Å². The van der Waals surface area contributed by atoms with Crippen molar-refractivity contribution in [2.45, 2.75) is 0 Å². The van der Waals surface area contributed by atoms with Crippen LogP contribution in [-0.2, 0) is 9.53 Å². The van der Waals surface area contributed by atoms with E-state index in [9.17, 15) is 9.59 Å². The van der Waals surface area contributed by atoms with Gasteiger partial charge in [-0.15, -0.1) is 0 Å². The maximum absolute atomic E-state index is 12.2. The molecule has 0 bridgehead atoms. The van der Waals surface area contributed by atoms with Crippen LogP contribution in [0.3, 0.4) is 0 Å². The largest absolute Gasteiger partial charge is 0.497 e. The molecule has 0 unspecified atom stereocenters. The summed E-state index contributed by atoms with van der Waals surface area (Å²) in [4.78, 5) is 24.2. The van der Waals surface area contributed by atoms with E-state index in [1.165, 1.54) is 19.1 Å². The number of hydrogen-bond donors (Lipinski definition) is 1. The molecule has 0 radical (unpaired) electrons. The topological polar surface area (TPSA) is 76.1 Å². The van der Waals surface area contributed by atoms with Crippen LogP contribution in [0.25, 0.3) is 0 Å². The minimum absolute atomic E-state index is 0.221. The summed E-state index contributed by atoms with van der Waals surface area (Å²) in [5.74, 6) is -0.876. The highest BCUT2D eigenvalue weighted by Gasteiger charge is 2.18. The SMILES string of the molecule is COCCN(CC(=O)O)C(=O)c1cccc(OC)c1. The van der Waals surface area contributed by atoms with Gasteiger partial charge < -0.3 is 19.5 Å². The highest BCUT2D eigenvalue weighted by atomic mass is 16.5. The first-order chi connectivity index (χ1) is 9.08. The van der Waals surface area contributed by atoms with E-state index in [4.69, 9.17) is 14.6 Å². The zero-order valence-corrected chi connectivity index (χ0v) is 11.0. The average Bonchev–Trinajstić information content (AvgIpc) is 2.42. The lowest BCUT2D eigenvalue weighted by Gasteiger charge is -2.20. The molecule has 0 spiro atoms. The number of ether oxygens (including phenoxy) is 2. The number of carboxylic acids is 1. The third-order valence-electron chi connectivity index (χ3n) is 2.50. The zero-order chi connectivity index (χ0) is 14.3. The third kappa shape index (κ3) is 4.59. The van der Waals surface area contributed by atoms with Crippen molar-refractivity contribution in [3.05, 3.63) is 29.8 Å². The van der Waals surface area contributed by atoms with Gasteiger partial charge in [-0.3, -0.25) is 9.59 Å². The van der Waals surface area contributed by atoms with Gasteiger partial charge in [0, 0.05) is 19.2 Å². The van der Waals surface area contributed by atoms with E-state index < -0.39 is 5.97 Å². The maximum atomic E-state index is 12.2. The van der Waals surface area contributed by atoms with Gasteiger partial charge in [-0.1, -0.05) is 6.07 Å². The maximum Gasteiger partial charge on any atom is 0.323 e. The molecule has 1 N–H and O–H groups in total. The molecule has 0 saturated heterocycles. The summed E-state index contributed by atoms with van der Waals surface area (Å²) in [6.07, 6.45) is 0. The fourth-order valence-corrected chi connectivity index (χ4v) is 1.56. The van der Waals surface area contributed by atoms with Crippen LogP contribution < -0.4 is 4.74 Å². The predicted octanol–water partition coefficient (Wildman–Crippen LogP) is 0.868. The highest BCUT2D eigenvalue weighted by Crippen LogP contribution is 2.14. The number of aliphatic carboxylic acids is 1. The van der Waals surface area contributed by atoms with Gasteiger partial charge >= 0.3 is 5.97 Å². The Morgan fingerprint density at radius 1 is 1.32 bits per heavy atom. The van der Waals surface area contributed by atoms with E-state index in [0.29, 0.717) is 11.3 Å². The van der Waals surface area contributed by atoms with Crippen molar-refractivity contribution in [3.8, 4) is 5.75 Å². The Labute approximate surface area is 111 Å². The normalized spacial score (nSPS) is 10.0. The number of carboxylic acid groups (broad SMARTS) is 1. The quantitative estimate of drug-likeness (QED) is 0.793. The Bertz CT molecular complexity index is 446. The van der Waals surface area contributed by atoms with Gasteiger partial charge in [0.05, 0.1) is 13.7 Å². The van der Waals surface area contributed by atoms with Crippen LogP contribution in [0.2, 0.25) is 0 Å². The summed E-state index contributed by atoms with van der Waals surface area (Å²) >= 11 is 0. The number of rotatable bonds is 7. The van der Waals surface area contributed by atoms with Crippen molar-refractivity contribution < 1.29 is 24.2 Å². The molecule has 1 amide bonds. The van der Waals surface area contributed by atoms with Gasteiger partial charge in [-0.05, 0) is 18.2 Å². The summed E-state index contributed by atoms with van der Waals surface area (Å²) in [7, 11) is 3.00. The number of methoxy groups -OCH3 is 2. The summed E-state index contributed by atoms with van der Waals surface area (Å²) in [6, 6.07) is 6.59. The minimum atomic E-state index is -1.06. The third-order valence-corrected chi connectivity index (χ3v) is 2.50. The first kappa shape index (κ1) is 15.0. The molecule has 6 heteroatoms. The second kappa shape index (κ2) is 7.38. The van der Waals surface area contributed by atoms with E-state index in [2.05, 4.69) is 0 Å². The average molecular weight is 267 g/mol. The fraction of sp³-hybridized carbons (Fsp3) is 0.385. The standard InChI is InChI=1S/C13H17NO5/c1-18-7-6-14(9-12(15)16)13(17)10-4-3-5-11(8-10)19-2/h3-5,8H,6-7,9H2,1-2H3,(H,15,16). The molecular weight excluding hydrogens is 250 g/mol. The molecule has 6 nitrogen and oxygen atoms in total. The number of carbonyl (C=O) groups is 2. The second-order valence-corrected chi connectivity index (χ2v) is 3.85. The van der Waals surface area contributed by atoms with Crippen molar-refractivity contribution >= 4 is 11.9 Å². The van der Waals surface area contributed by atoms with Crippen LogP contribution in [0.4, 0.5) is 0 Å². The fourth-order valence-electron chi connectivity index (χ4n) is 1.56. The Morgan fingerprint density at radius 2 is 2.05 bits per heavy atom. The van der Waals surface area contributed by atoms with Crippen LogP contribution in [0.1, 0.15) is 10.4 Å². The van der Waals surface area contributed by atoms with E-state index in [1.54, 1.807) is 24.3 Å². The second-order valence-electron chi connectivity index (χ2n) is 3.85. The molecule has 0 aliphatic heterocycles. The molecule has 1 aromatic rings. The number of carbonyl (C=O) groups excluding carboxylic acids is 1.